The molecule has 0 saturated carbocycles. The van der Waals surface area contributed by atoms with E-state index < -0.39 is 6.04 Å². The standard InChI is InChI=1S/C12H11N3O/c1-2-6-10(13)12-14-11(15-16-12)9-7-4-3-5-8-9/h1,3-5,7-8,10H,6,13H2. The highest BCUT2D eigenvalue weighted by molar-refractivity contribution is 5.53. The summed E-state index contributed by atoms with van der Waals surface area (Å²) in [5, 5.41) is 3.86. The quantitative estimate of drug-likeness (QED) is 0.789. The van der Waals surface area contributed by atoms with Crippen molar-refractivity contribution >= 4 is 0 Å². The Morgan fingerprint density at radius 2 is 2.12 bits per heavy atom. The first-order valence-corrected chi connectivity index (χ1v) is 4.89. The summed E-state index contributed by atoms with van der Waals surface area (Å²) in [6.45, 7) is 0. The van der Waals surface area contributed by atoms with E-state index in [1.807, 2.05) is 30.3 Å². The van der Waals surface area contributed by atoms with Crippen molar-refractivity contribution in [1.29, 1.82) is 0 Å². The number of nitrogens with zero attached hydrogens (tertiary/aromatic N) is 2. The van der Waals surface area contributed by atoms with Crippen molar-refractivity contribution in [2.24, 2.45) is 5.73 Å². The highest BCUT2D eigenvalue weighted by atomic mass is 16.5. The van der Waals surface area contributed by atoms with E-state index in [4.69, 9.17) is 16.7 Å². The smallest absolute Gasteiger partial charge is 0.244 e. The molecule has 0 aliphatic rings. The zero-order chi connectivity index (χ0) is 11.4. The molecule has 1 heterocycles. The van der Waals surface area contributed by atoms with Crippen molar-refractivity contribution in [2.75, 3.05) is 0 Å². The van der Waals surface area contributed by atoms with Crippen molar-refractivity contribution in [3.8, 4) is 23.7 Å². The minimum atomic E-state index is -0.394. The maximum Gasteiger partial charge on any atom is 0.244 e. The summed E-state index contributed by atoms with van der Waals surface area (Å²) in [4.78, 5) is 4.20. The van der Waals surface area contributed by atoms with Gasteiger partial charge in [-0.2, -0.15) is 4.98 Å². The molecule has 0 amide bonds. The van der Waals surface area contributed by atoms with Gasteiger partial charge in [0.15, 0.2) is 0 Å². The first-order valence-electron chi connectivity index (χ1n) is 4.89. The van der Waals surface area contributed by atoms with Crippen LogP contribution < -0.4 is 5.73 Å². The van der Waals surface area contributed by atoms with Crippen LogP contribution in [0.4, 0.5) is 0 Å². The maximum absolute atomic E-state index is 5.76. The Kier molecular flexibility index (Phi) is 2.99. The van der Waals surface area contributed by atoms with E-state index in [1.54, 1.807) is 0 Å². The molecule has 2 rings (SSSR count). The van der Waals surface area contributed by atoms with E-state index in [2.05, 4.69) is 16.1 Å². The first kappa shape index (κ1) is 10.4. The molecule has 0 bridgehead atoms. The predicted molar refractivity (Wildman–Crippen MR) is 60.1 cm³/mol. The fourth-order valence-electron chi connectivity index (χ4n) is 1.30. The summed E-state index contributed by atoms with van der Waals surface area (Å²) in [6.07, 6.45) is 5.55. The van der Waals surface area contributed by atoms with Gasteiger partial charge in [0.25, 0.3) is 0 Å². The van der Waals surface area contributed by atoms with E-state index in [-0.39, 0.29) is 0 Å². The summed E-state index contributed by atoms with van der Waals surface area (Å²) in [5.41, 5.74) is 6.65. The Labute approximate surface area is 93.5 Å². The maximum atomic E-state index is 5.76. The van der Waals surface area contributed by atoms with Crippen LogP contribution in [0.15, 0.2) is 34.9 Å². The summed E-state index contributed by atoms with van der Waals surface area (Å²) in [6, 6.07) is 9.16. The van der Waals surface area contributed by atoms with Gasteiger partial charge in [-0.25, -0.2) is 0 Å². The fourth-order valence-corrected chi connectivity index (χ4v) is 1.30. The fraction of sp³-hybridized carbons (Fsp3) is 0.167. The van der Waals surface area contributed by atoms with Crippen molar-refractivity contribution < 1.29 is 4.52 Å². The number of aromatic nitrogens is 2. The average Bonchev–Trinajstić information content (AvgIpc) is 2.80. The van der Waals surface area contributed by atoms with Gasteiger partial charge in [0, 0.05) is 12.0 Å². The number of benzene rings is 1. The van der Waals surface area contributed by atoms with Gasteiger partial charge >= 0.3 is 0 Å². The average molecular weight is 213 g/mol. The van der Waals surface area contributed by atoms with E-state index >= 15 is 0 Å². The molecular formula is C12H11N3O. The molecule has 1 aromatic carbocycles. The molecule has 1 atom stereocenters. The lowest BCUT2D eigenvalue weighted by Crippen LogP contribution is -2.09. The summed E-state index contributed by atoms with van der Waals surface area (Å²) in [7, 11) is 0. The molecule has 1 aromatic heterocycles. The SMILES string of the molecule is C#CCC(N)c1nc(-c2ccccc2)no1. The third-order valence-electron chi connectivity index (χ3n) is 2.13. The Morgan fingerprint density at radius 1 is 1.38 bits per heavy atom. The topological polar surface area (TPSA) is 64.9 Å². The molecule has 0 aliphatic heterocycles. The van der Waals surface area contributed by atoms with Gasteiger partial charge in [-0.1, -0.05) is 35.5 Å². The summed E-state index contributed by atoms with van der Waals surface area (Å²) >= 11 is 0. The monoisotopic (exact) mass is 213 g/mol. The molecule has 0 fully saturated rings. The number of terminal acetylenes is 1. The molecule has 16 heavy (non-hydrogen) atoms. The Balaban J connectivity index is 2.24. The van der Waals surface area contributed by atoms with Gasteiger partial charge in [-0.15, -0.1) is 12.3 Å². The van der Waals surface area contributed by atoms with Gasteiger partial charge in [-0.05, 0) is 0 Å². The second-order valence-electron chi connectivity index (χ2n) is 3.34. The molecule has 2 aromatic rings. The molecule has 4 nitrogen and oxygen atoms in total. The van der Waals surface area contributed by atoms with Crippen LogP contribution in [0.1, 0.15) is 18.4 Å². The van der Waals surface area contributed by atoms with Gasteiger partial charge in [-0.3, -0.25) is 0 Å². The predicted octanol–water partition coefficient (Wildman–Crippen LogP) is 1.76. The molecule has 80 valence electrons. The normalized spacial score (nSPS) is 12.0. The van der Waals surface area contributed by atoms with Crippen molar-refractivity contribution in [3.63, 3.8) is 0 Å². The van der Waals surface area contributed by atoms with Crippen molar-refractivity contribution in [2.45, 2.75) is 12.5 Å². The lowest BCUT2D eigenvalue weighted by Gasteiger charge is -1.98. The minimum Gasteiger partial charge on any atom is -0.337 e. The van der Waals surface area contributed by atoms with Crippen molar-refractivity contribution in [1.82, 2.24) is 10.1 Å². The van der Waals surface area contributed by atoms with E-state index in [1.165, 1.54) is 0 Å². The first-order chi connectivity index (χ1) is 7.81. The molecule has 0 aliphatic carbocycles. The van der Waals surface area contributed by atoms with Crippen LogP contribution in [0.25, 0.3) is 11.4 Å². The molecule has 4 heteroatoms. The van der Waals surface area contributed by atoms with Crippen LogP contribution in [0.5, 0.6) is 0 Å². The lowest BCUT2D eigenvalue weighted by molar-refractivity contribution is 0.357. The Morgan fingerprint density at radius 3 is 2.81 bits per heavy atom. The summed E-state index contributed by atoms with van der Waals surface area (Å²) in [5.74, 6) is 3.36. The largest absolute Gasteiger partial charge is 0.337 e. The van der Waals surface area contributed by atoms with Gasteiger partial charge in [0.1, 0.15) is 0 Å². The van der Waals surface area contributed by atoms with E-state index in [0.29, 0.717) is 18.1 Å². The van der Waals surface area contributed by atoms with Crippen LogP contribution >= 0.6 is 0 Å². The number of rotatable bonds is 3. The second-order valence-corrected chi connectivity index (χ2v) is 3.34. The zero-order valence-electron chi connectivity index (χ0n) is 8.63. The van der Waals surface area contributed by atoms with Crippen LogP contribution in [0.2, 0.25) is 0 Å². The van der Waals surface area contributed by atoms with Crippen LogP contribution in [0, 0.1) is 12.3 Å². The molecule has 1 unspecified atom stereocenters. The van der Waals surface area contributed by atoms with Crippen molar-refractivity contribution in [3.05, 3.63) is 36.2 Å². The third-order valence-corrected chi connectivity index (χ3v) is 2.13. The Hall–Kier alpha value is -2.12. The minimum absolute atomic E-state index is 0.372. The molecule has 0 radical (unpaired) electrons. The van der Waals surface area contributed by atoms with E-state index in [9.17, 15) is 0 Å². The Bertz CT molecular complexity index is 498. The second kappa shape index (κ2) is 4.60. The number of hydrogen-bond donors (Lipinski definition) is 1. The van der Waals surface area contributed by atoms with Crippen LogP contribution in [-0.4, -0.2) is 10.1 Å². The summed E-state index contributed by atoms with van der Waals surface area (Å²) < 4.78 is 5.05. The van der Waals surface area contributed by atoms with Crippen LogP contribution in [-0.2, 0) is 0 Å². The number of nitrogens with two attached hydrogens (primary N) is 1. The lowest BCUT2D eigenvalue weighted by atomic mass is 10.2. The van der Waals surface area contributed by atoms with Gasteiger partial charge in [0.05, 0.1) is 6.04 Å². The van der Waals surface area contributed by atoms with Crippen LogP contribution in [0.3, 0.4) is 0 Å². The third kappa shape index (κ3) is 2.10. The number of hydrogen-bond acceptors (Lipinski definition) is 4. The molecular weight excluding hydrogens is 202 g/mol. The highest BCUT2D eigenvalue weighted by Crippen LogP contribution is 2.18. The highest BCUT2D eigenvalue weighted by Gasteiger charge is 2.14. The van der Waals surface area contributed by atoms with Gasteiger partial charge < -0.3 is 10.3 Å². The zero-order valence-corrected chi connectivity index (χ0v) is 8.63. The van der Waals surface area contributed by atoms with E-state index in [0.717, 1.165) is 5.56 Å². The van der Waals surface area contributed by atoms with Gasteiger partial charge in [0.2, 0.25) is 11.7 Å². The molecule has 0 saturated heterocycles. The molecule has 2 N–H and O–H groups in total. The molecule has 0 spiro atoms.